The summed E-state index contributed by atoms with van der Waals surface area (Å²) >= 11 is 6.21. The molecule has 1 aromatic rings. The Morgan fingerprint density at radius 3 is 2.84 bits per heavy atom. The first kappa shape index (κ1) is 14.0. The number of unbranched alkanes of at least 4 members (excludes halogenated alkanes) is 1. The average Bonchev–Trinajstić information content (AvgIpc) is 3.23. The monoisotopic (exact) mass is 281 g/mol. The minimum Gasteiger partial charge on any atom is -0.409 e. The molecule has 4 nitrogen and oxygen atoms in total. The van der Waals surface area contributed by atoms with Gasteiger partial charge in [-0.2, -0.15) is 0 Å². The highest BCUT2D eigenvalue weighted by molar-refractivity contribution is 6.34. The summed E-state index contributed by atoms with van der Waals surface area (Å²) in [6, 6.07) is 6.24. The lowest BCUT2D eigenvalue weighted by Gasteiger charge is -2.27. The molecule has 1 fully saturated rings. The summed E-state index contributed by atoms with van der Waals surface area (Å²) < 4.78 is 0. The van der Waals surface area contributed by atoms with Gasteiger partial charge in [0, 0.05) is 18.3 Å². The fourth-order valence-corrected chi connectivity index (χ4v) is 2.54. The highest BCUT2D eigenvalue weighted by Gasteiger charge is 2.31. The number of benzene rings is 1. The molecule has 0 aromatic heterocycles. The van der Waals surface area contributed by atoms with Gasteiger partial charge in [0.25, 0.3) is 0 Å². The minimum absolute atomic E-state index is 0.0720. The summed E-state index contributed by atoms with van der Waals surface area (Å²) in [4.78, 5) is 2.34. The second-order valence-electron chi connectivity index (χ2n) is 4.90. The molecule has 0 radical (unpaired) electrons. The molecule has 0 amide bonds. The van der Waals surface area contributed by atoms with Crippen LogP contribution in [0, 0.1) is 0 Å². The predicted octanol–water partition coefficient (Wildman–Crippen LogP) is 3.20. The third-order valence-electron chi connectivity index (χ3n) is 3.41. The Kier molecular flexibility index (Phi) is 4.53. The van der Waals surface area contributed by atoms with Gasteiger partial charge in [-0.05, 0) is 31.4 Å². The zero-order valence-corrected chi connectivity index (χ0v) is 11.9. The van der Waals surface area contributed by atoms with Crippen LogP contribution in [0.5, 0.6) is 0 Å². The average molecular weight is 282 g/mol. The van der Waals surface area contributed by atoms with Crippen molar-refractivity contribution < 1.29 is 5.21 Å². The van der Waals surface area contributed by atoms with E-state index in [4.69, 9.17) is 22.5 Å². The Morgan fingerprint density at radius 1 is 1.53 bits per heavy atom. The van der Waals surface area contributed by atoms with E-state index in [9.17, 15) is 0 Å². The number of anilines is 1. The Balaban J connectivity index is 2.38. The zero-order valence-electron chi connectivity index (χ0n) is 11.1. The lowest BCUT2D eigenvalue weighted by atomic mass is 10.1. The minimum atomic E-state index is 0.0720. The van der Waals surface area contributed by atoms with Crippen molar-refractivity contribution in [3.8, 4) is 0 Å². The van der Waals surface area contributed by atoms with Crippen molar-refractivity contribution >= 4 is 23.1 Å². The zero-order chi connectivity index (χ0) is 13.8. The normalized spacial score (nSPS) is 15.6. The molecule has 5 heteroatoms. The van der Waals surface area contributed by atoms with Crippen LogP contribution in [0.1, 0.15) is 38.2 Å². The van der Waals surface area contributed by atoms with Crippen LogP contribution in [0.15, 0.2) is 23.4 Å². The third-order valence-corrected chi connectivity index (χ3v) is 3.72. The molecule has 19 heavy (non-hydrogen) atoms. The number of halogens is 1. The molecule has 1 aliphatic carbocycles. The molecule has 0 saturated heterocycles. The molecule has 0 aliphatic heterocycles. The maximum Gasteiger partial charge on any atom is 0.173 e. The molecule has 1 aromatic carbocycles. The van der Waals surface area contributed by atoms with E-state index in [1.807, 2.05) is 12.1 Å². The van der Waals surface area contributed by atoms with Crippen LogP contribution in [0.3, 0.4) is 0 Å². The van der Waals surface area contributed by atoms with E-state index in [0.29, 0.717) is 16.6 Å². The predicted molar refractivity (Wildman–Crippen MR) is 79.2 cm³/mol. The van der Waals surface area contributed by atoms with E-state index in [1.54, 1.807) is 6.07 Å². The second-order valence-corrected chi connectivity index (χ2v) is 5.30. The van der Waals surface area contributed by atoms with Gasteiger partial charge in [-0.15, -0.1) is 0 Å². The first-order chi connectivity index (χ1) is 9.19. The highest BCUT2D eigenvalue weighted by Crippen LogP contribution is 2.36. The van der Waals surface area contributed by atoms with Gasteiger partial charge in [0.05, 0.1) is 10.6 Å². The Bertz CT molecular complexity index is 472. The molecule has 3 N–H and O–H groups in total. The van der Waals surface area contributed by atoms with Crippen LogP contribution in [-0.2, 0) is 0 Å². The van der Waals surface area contributed by atoms with E-state index >= 15 is 0 Å². The Morgan fingerprint density at radius 2 is 2.26 bits per heavy atom. The molecule has 0 unspecified atom stereocenters. The van der Waals surface area contributed by atoms with Crippen molar-refractivity contribution in [3.63, 3.8) is 0 Å². The maximum absolute atomic E-state index is 8.93. The lowest BCUT2D eigenvalue weighted by molar-refractivity contribution is 0.318. The number of hydrogen-bond acceptors (Lipinski definition) is 3. The van der Waals surface area contributed by atoms with E-state index in [1.165, 1.54) is 12.8 Å². The molecule has 104 valence electrons. The summed E-state index contributed by atoms with van der Waals surface area (Å²) in [5, 5.41) is 12.6. The van der Waals surface area contributed by atoms with E-state index in [0.717, 1.165) is 25.1 Å². The first-order valence-electron chi connectivity index (χ1n) is 6.72. The van der Waals surface area contributed by atoms with E-state index in [2.05, 4.69) is 17.0 Å². The van der Waals surface area contributed by atoms with Gasteiger partial charge >= 0.3 is 0 Å². The molecular formula is C14H20ClN3O. The van der Waals surface area contributed by atoms with Crippen LogP contribution in [0.25, 0.3) is 0 Å². The molecule has 1 saturated carbocycles. The molecule has 0 atom stereocenters. The van der Waals surface area contributed by atoms with Crippen molar-refractivity contribution in [3.05, 3.63) is 28.8 Å². The molecule has 2 rings (SSSR count). The molecule has 0 spiro atoms. The fraction of sp³-hybridized carbons (Fsp3) is 0.500. The Labute approximate surface area is 118 Å². The van der Waals surface area contributed by atoms with Crippen LogP contribution in [0.4, 0.5) is 5.69 Å². The van der Waals surface area contributed by atoms with Crippen LogP contribution in [0.2, 0.25) is 5.02 Å². The van der Waals surface area contributed by atoms with Gasteiger partial charge in [-0.1, -0.05) is 36.2 Å². The summed E-state index contributed by atoms with van der Waals surface area (Å²) in [6.45, 7) is 3.15. The van der Waals surface area contributed by atoms with Gasteiger partial charge in [-0.25, -0.2) is 0 Å². The summed E-state index contributed by atoms with van der Waals surface area (Å²) in [5.74, 6) is 0.0720. The van der Waals surface area contributed by atoms with Crippen LogP contribution in [-0.4, -0.2) is 23.6 Å². The fourth-order valence-electron chi connectivity index (χ4n) is 2.27. The smallest absolute Gasteiger partial charge is 0.173 e. The van der Waals surface area contributed by atoms with Crippen molar-refractivity contribution in [2.75, 3.05) is 11.4 Å². The number of rotatable bonds is 6. The SMILES string of the molecule is CCCCN(c1cccc(Cl)c1C(N)=NO)C1CC1. The number of nitrogens with zero attached hydrogens (tertiary/aromatic N) is 2. The van der Waals surface area contributed by atoms with Gasteiger partial charge in [0.15, 0.2) is 5.84 Å². The first-order valence-corrected chi connectivity index (χ1v) is 7.09. The van der Waals surface area contributed by atoms with Gasteiger partial charge < -0.3 is 15.8 Å². The summed E-state index contributed by atoms with van der Waals surface area (Å²) in [6.07, 6.45) is 4.67. The van der Waals surface area contributed by atoms with E-state index in [-0.39, 0.29) is 5.84 Å². The lowest BCUT2D eigenvalue weighted by Crippen LogP contribution is -2.30. The van der Waals surface area contributed by atoms with Crippen molar-refractivity contribution in [2.24, 2.45) is 10.9 Å². The maximum atomic E-state index is 8.93. The largest absolute Gasteiger partial charge is 0.409 e. The van der Waals surface area contributed by atoms with Gasteiger partial charge in [0.1, 0.15) is 0 Å². The van der Waals surface area contributed by atoms with E-state index < -0.39 is 0 Å². The summed E-state index contributed by atoms with van der Waals surface area (Å²) in [7, 11) is 0. The van der Waals surface area contributed by atoms with Gasteiger partial charge in [-0.3, -0.25) is 0 Å². The van der Waals surface area contributed by atoms with Crippen molar-refractivity contribution in [1.29, 1.82) is 0 Å². The van der Waals surface area contributed by atoms with Gasteiger partial charge in [0.2, 0.25) is 0 Å². The van der Waals surface area contributed by atoms with Crippen molar-refractivity contribution in [2.45, 2.75) is 38.6 Å². The third kappa shape index (κ3) is 3.13. The number of nitrogens with two attached hydrogens (primary N) is 1. The molecule has 0 heterocycles. The van der Waals surface area contributed by atoms with Crippen molar-refractivity contribution in [1.82, 2.24) is 0 Å². The Hall–Kier alpha value is -1.42. The second kappa shape index (κ2) is 6.15. The standard InChI is InChI=1S/C14H20ClN3O/c1-2-3-9-18(10-7-8-10)12-6-4-5-11(15)13(12)14(16)17-19/h4-6,10,19H,2-3,7-9H2,1H3,(H2,16,17). The summed E-state index contributed by atoms with van der Waals surface area (Å²) in [5.41, 5.74) is 7.38. The highest BCUT2D eigenvalue weighted by atomic mass is 35.5. The number of hydrogen-bond donors (Lipinski definition) is 2. The molecular weight excluding hydrogens is 262 g/mol. The number of oxime groups is 1. The topological polar surface area (TPSA) is 61.8 Å². The molecule has 1 aliphatic rings. The quantitative estimate of drug-likeness (QED) is 0.364. The van der Waals surface area contributed by atoms with Crippen LogP contribution >= 0.6 is 11.6 Å². The number of amidine groups is 1. The molecule has 0 bridgehead atoms. The van der Waals surface area contributed by atoms with Crippen LogP contribution < -0.4 is 10.6 Å².